The number of aryl methyl sites for hydroxylation is 3. The Labute approximate surface area is 224 Å². The molecule has 200 valence electrons. The van der Waals surface area contributed by atoms with Gasteiger partial charge in [0, 0.05) is 12.2 Å². The maximum absolute atomic E-state index is 13.4. The first-order chi connectivity index (χ1) is 18.2. The van der Waals surface area contributed by atoms with Gasteiger partial charge in [0.1, 0.15) is 11.8 Å². The number of benzene rings is 3. The first-order valence-electron chi connectivity index (χ1n) is 12.7. The minimum Gasteiger partial charge on any atom is -0.410 e. The summed E-state index contributed by atoms with van der Waals surface area (Å²) in [7, 11) is 0. The third kappa shape index (κ3) is 7.91. The number of para-hydroxylation sites is 1. The summed E-state index contributed by atoms with van der Waals surface area (Å²) in [5.74, 6) is -0.513. The Morgan fingerprint density at radius 1 is 0.947 bits per heavy atom. The smallest absolute Gasteiger partial charge is 0.410 e. The summed E-state index contributed by atoms with van der Waals surface area (Å²) in [6, 6.07) is 20.8. The molecule has 0 heterocycles. The van der Waals surface area contributed by atoms with Crippen molar-refractivity contribution < 1.29 is 19.1 Å². The maximum atomic E-state index is 13.4. The summed E-state index contributed by atoms with van der Waals surface area (Å²) in [4.78, 5) is 39.1. The predicted molar refractivity (Wildman–Crippen MR) is 149 cm³/mol. The number of rotatable bonds is 11. The average Bonchev–Trinajstić information content (AvgIpc) is 2.89. The van der Waals surface area contributed by atoms with Gasteiger partial charge in [-0.3, -0.25) is 14.9 Å². The molecule has 38 heavy (non-hydrogen) atoms. The molecular formula is C30H36N4O4. The van der Waals surface area contributed by atoms with Gasteiger partial charge in [0.15, 0.2) is 0 Å². The van der Waals surface area contributed by atoms with E-state index in [0.29, 0.717) is 24.4 Å². The standard InChI is InChI=1S/C30H36N4O4/c1-20-17-25(38-30(37)33-24-14-8-5-9-15-24)18-21(2)26(20)19-27(31)29(36)34(22(3)28(32)35)16-10-13-23-11-6-4-7-12-23/h4-9,11-12,14-15,17-18,22,27H,10,13,16,19,31H2,1-3H3,(H2,32,35)(H,33,37)/t22-,27+/m1/s1. The van der Waals surface area contributed by atoms with Crippen LogP contribution in [0.3, 0.4) is 0 Å². The fourth-order valence-corrected chi connectivity index (χ4v) is 4.37. The molecular weight excluding hydrogens is 480 g/mol. The zero-order chi connectivity index (χ0) is 27.7. The minimum absolute atomic E-state index is 0.271. The molecule has 3 aromatic rings. The zero-order valence-electron chi connectivity index (χ0n) is 22.1. The molecule has 3 aromatic carbocycles. The Morgan fingerprint density at radius 3 is 2.11 bits per heavy atom. The lowest BCUT2D eigenvalue weighted by molar-refractivity contribution is -0.139. The zero-order valence-corrected chi connectivity index (χ0v) is 22.1. The SMILES string of the molecule is Cc1cc(OC(=O)Nc2ccccc2)cc(C)c1C[C@H](N)C(=O)N(CCCc1ccccc1)[C@H](C)C(N)=O. The summed E-state index contributed by atoms with van der Waals surface area (Å²) in [5, 5.41) is 2.68. The van der Waals surface area contributed by atoms with E-state index in [9.17, 15) is 14.4 Å². The van der Waals surface area contributed by atoms with Gasteiger partial charge in [-0.2, -0.15) is 0 Å². The fourth-order valence-electron chi connectivity index (χ4n) is 4.37. The highest BCUT2D eigenvalue weighted by molar-refractivity contribution is 5.89. The highest BCUT2D eigenvalue weighted by Gasteiger charge is 2.28. The Morgan fingerprint density at radius 2 is 1.53 bits per heavy atom. The van der Waals surface area contributed by atoms with Crippen molar-refractivity contribution in [3.63, 3.8) is 0 Å². The van der Waals surface area contributed by atoms with Gasteiger partial charge >= 0.3 is 6.09 Å². The molecule has 0 saturated carbocycles. The van der Waals surface area contributed by atoms with Gasteiger partial charge in [0.05, 0.1) is 6.04 Å². The van der Waals surface area contributed by atoms with E-state index in [4.69, 9.17) is 16.2 Å². The largest absolute Gasteiger partial charge is 0.417 e. The minimum atomic E-state index is -0.862. The van der Waals surface area contributed by atoms with Crippen LogP contribution in [0.4, 0.5) is 10.5 Å². The molecule has 2 atom stereocenters. The second kappa shape index (κ2) is 13.4. The Balaban J connectivity index is 1.66. The van der Waals surface area contributed by atoms with E-state index in [-0.39, 0.29) is 12.3 Å². The van der Waals surface area contributed by atoms with Crippen LogP contribution in [-0.2, 0) is 22.4 Å². The summed E-state index contributed by atoms with van der Waals surface area (Å²) in [6.07, 6.45) is 1.12. The summed E-state index contributed by atoms with van der Waals surface area (Å²) in [6.45, 7) is 5.75. The molecule has 0 bridgehead atoms. The van der Waals surface area contributed by atoms with Gasteiger partial charge < -0.3 is 21.1 Å². The number of anilines is 1. The number of primary amides is 1. The molecule has 0 unspecified atom stereocenters. The molecule has 0 radical (unpaired) electrons. The van der Waals surface area contributed by atoms with Crippen molar-refractivity contribution in [3.05, 3.63) is 95.1 Å². The van der Waals surface area contributed by atoms with E-state index in [0.717, 1.165) is 28.7 Å². The molecule has 0 saturated heterocycles. The van der Waals surface area contributed by atoms with E-state index < -0.39 is 24.1 Å². The number of carbonyl (C=O) groups is 3. The summed E-state index contributed by atoms with van der Waals surface area (Å²) < 4.78 is 5.46. The van der Waals surface area contributed by atoms with Crippen molar-refractivity contribution >= 4 is 23.6 Å². The fraction of sp³-hybridized carbons (Fsp3) is 0.300. The van der Waals surface area contributed by atoms with Gasteiger partial charge in [0.25, 0.3) is 0 Å². The van der Waals surface area contributed by atoms with Crippen LogP contribution >= 0.6 is 0 Å². The van der Waals surface area contributed by atoms with Crippen LogP contribution in [-0.4, -0.2) is 41.4 Å². The van der Waals surface area contributed by atoms with Crippen molar-refractivity contribution in [3.8, 4) is 5.75 Å². The lowest BCUT2D eigenvalue weighted by Gasteiger charge is -2.30. The van der Waals surface area contributed by atoms with Crippen molar-refractivity contribution in [2.45, 2.75) is 52.1 Å². The van der Waals surface area contributed by atoms with E-state index in [1.165, 1.54) is 4.90 Å². The molecule has 3 rings (SSSR count). The monoisotopic (exact) mass is 516 g/mol. The Bertz CT molecular complexity index is 1220. The molecule has 0 aromatic heterocycles. The summed E-state index contributed by atoms with van der Waals surface area (Å²) in [5.41, 5.74) is 16.3. The number of amides is 3. The third-order valence-electron chi connectivity index (χ3n) is 6.51. The van der Waals surface area contributed by atoms with Crippen molar-refractivity contribution in [2.75, 3.05) is 11.9 Å². The van der Waals surface area contributed by atoms with Crippen LogP contribution in [0.1, 0.15) is 35.6 Å². The van der Waals surface area contributed by atoms with E-state index in [1.807, 2.05) is 62.4 Å². The van der Waals surface area contributed by atoms with Gasteiger partial charge in [-0.1, -0.05) is 48.5 Å². The predicted octanol–water partition coefficient (Wildman–Crippen LogP) is 4.12. The topological polar surface area (TPSA) is 128 Å². The highest BCUT2D eigenvalue weighted by atomic mass is 16.6. The van der Waals surface area contributed by atoms with Crippen LogP contribution in [0.25, 0.3) is 0 Å². The number of hydrogen-bond acceptors (Lipinski definition) is 5. The second-order valence-electron chi connectivity index (χ2n) is 9.43. The number of ether oxygens (including phenoxy) is 1. The molecule has 8 nitrogen and oxygen atoms in total. The molecule has 0 aliphatic rings. The number of nitrogens with one attached hydrogen (secondary N) is 1. The quantitative estimate of drug-likeness (QED) is 0.353. The highest BCUT2D eigenvalue weighted by Crippen LogP contribution is 2.24. The summed E-state index contributed by atoms with van der Waals surface area (Å²) >= 11 is 0. The van der Waals surface area contributed by atoms with Crippen LogP contribution in [0, 0.1) is 13.8 Å². The third-order valence-corrected chi connectivity index (χ3v) is 6.51. The second-order valence-corrected chi connectivity index (χ2v) is 9.43. The first-order valence-corrected chi connectivity index (χ1v) is 12.7. The van der Waals surface area contributed by atoms with Gasteiger partial charge in [-0.15, -0.1) is 0 Å². The van der Waals surface area contributed by atoms with Crippen LogP contribution in [0.5, 0.6) is 5.75 Å². The normalized spacial score (nSPS) is 12.3. The van der Waals surface area contributed by atoms with Crippen molar-refractivity contribution in [1.29, 1.82) is 0 Å². The van der Waals surface area contributed by atoms with Gasteiger partial charge in [-0.25, -0.2) is 4.79 Å². The molecule has 8 heteroatoms. The number of nitrogens with zero attached hydrogens (tertiary/aromatic N) is 1. The lowest BCUT2D eigenvalue weighted by Crippen LogP contribution is -2.53. The van der Waals surface area contributed by atoms with Gasteiger partial charge in [-0.05, 0) is 86.6 Å². The lowest BCUT2D eigenvalue weighted by atomic mass is 9.95. The average molecular weight is 517 g/mol. The van der Waals surface area contributed by atoms with Crippen LogP contribution < -0.4 is 21.5 Å². The molecule has 3 amide bonds. The Kier molecular flexibility index (Phi) is 10.0. The van der Waals surface area contributed by atoms with E-state index >= 15 is 0 Å². The number of nitrogens with two attached hydrogens (primary N) is 2. The molecule has 0 aliphatic carbocycles. The van der Waals surface area contributed by atoms with Crippen molar-refractivity contribution in [1.82, 2.24) is 4.90 Å². The Hall–Kier alpha value is -4.17. The maximum Gasteiger partial charge on any atom is 0.417 e. The number of carbonyl (C=O) groups excluding carboxylic acids is 3. The first kappa shape index (κ1) is 28.4. The number of hydrogen-bond donors (Lipinski definition) is 3. The molecule has 5 N–H and O–H groups in total. The molecule has 0 fully saturated rings. The molecule has 0 spiro atoms. The van der Waals surface area contributed by atoms with Crippen molar-refractivity contribution in [2.24, 2.45) is 11.5 Å². The van der Waals surface area contributed by atoms with Crippen LogP contribution in [0.15, 0.2) is 72.8 Å². The van der Waals surface area contributed by atoms with E-state index in [2.05, 4.69) is 5.32 Å². The van der Waals surface area contributed by atoms with Crippen LogP contribution in [0.2, 0.25) is 0 Å². The van der Waals surface area contributed by atoms with Gasteiger partial charge in [0.2, 0.25) is 11.8 Å². The van der Waals surface area contributed by atoms with E-state index in [1.54, 1.807) is 31.2 Å². The molecule has 0 aliphatic heterocycles.